The van der Waals surface area contributed by atoms with E-state index in [4.69, 9.17) is 28.1 Å². The van der Waals surface area contributed by atoms with Gasteiger partial charge in [-0.15, -0.1) is 0 Å². The molecule has 0 saturated heterocycles. The number of benzene rings is 1. The Morgan fingerprint density at radius 3 is 1.90 bits per heavy atom. The lowest BCUT2D eigenvalue weighted by molar-refractivity contribution is -0.141. The van der Waals surface area contributed by atoms with E-state index in [1.807, 2.05) is 6.92 Å². The molecular weight excluding hydrogens is 390 g/mol. The summed E-state index contributed by atoms with van der Waals surface area (Å²) in [7, 11) is 4.38. The maximum Gasteiger partial charge on any atom is 0.320 e. The molecule has 1 N–H and O–H groups in total. The average molecular weight is 424 g/mol. The molecule has 0 fully saturated rings. The van der Waals surface area contributed by atoms with Crippen molar-refractivity contribution in [2.24, 2.45) is 0 Å². The lowest BCUT2D eigenvalue weighted by Crippen LogP contribution is -2.15. The fraction of sp³-hybridized carbons (Fsp3) is 0.500. The van der Waals surface area contributed by atoms with Crippen LogP contribution in [0.1, 0.15) is 36.8 Å². The van der Waals surface area contributed by atoms with Crippen molar-refractivity contribution in [1.82, 2.24) is 5.32 Å². The Morgan fingerprint density at radius 2 is 1.53 bits per heavy atom. The van der Waals surface area contributed by atoms with Crippen LogP contribution >= 0.6 is 0 Å². The molecular formula is C22H33NO7. The summed E-state index contributed by atoms with van der Waals surface area (Å²) in [6, 6.07) is 8.66. The highest BCUT2D eigenvalue weighted by molar-refractivity contribution is 5.81. The number of esters is 1. The minimum Gasteiger partial charge on any atom is -0.468 e. The molecule has 1 atom stereocenters. The fourth-order valence-electron chi connectivity index (χ4n) is 2.57. The van der Waals surface area contributed by atoms with Gasteiger partial charge in [0.15, 0.2) is 13.6 Å². The molecule has 8 nitrogen and oxygen atoms in total. The second kappa shape index (κ2) is 14.4. The molecule has 1 aromatic carbocycles. The number of carbonyl (C=O) groups excluding carboxylic acids is 1. The van der Waals surface area contributed by atoms with Gasteiger partial charge in [0.1, 0.15) is 28.9 Å². The van der Waals surface area contributed by atoms with Crippen LogP contribution in [-0.2, 0) is 19.0 Å². The van der Waals surface area contributed by atoms with E-state index in [2.05, 4.69) is 19.2 Å². The lowest BCUT2D eigenvalue weighted by atomic mass is 9.96. The van der Waals surface area contributed by atoms with E-state index in [-0.39, 0.29) is 13.6 Å². The van der Waals surface area contributed by atoms with Gasteiger partial charge >= 0.3 is 5.97 Å². The number of furan rings is 1. The molecule has 2 rings (SSSR count). The Morgan fingerprint density at radius 1 is 0.967 bits per heavy atom. The molecule has 1 unspecified atom stereocenters. The number of hydrogen-bond acceptors (Lipinski definition) is 8. The standard InChI is InChI=1S/C18H22O7.C4H11N/c1-12-5-6-16(25-12)17(18(19)22-4)13-7-14(23-10-20-2)9-15(8-13)24-11-21-3;1-3-5-4-2/h5-9,17H,10-11H2,1-4H3;5H,3-4H2,1-2H3. The van der Waals surface area contributed by atoms with Crippen LogP contribution in [0.15, 0.2) is 34.7 Å². The largest absolute Gasteiger partial charge is 0.468 e. The molecule has 30 heavy (non-hydrogen) atoms. The monoisotopic (exact) mass is 423 g/mol. The second-order valence-electron chi connectivity index (χ2n) is 6.20. The minimum atomic E-state index is -0.741. The molecule has 0 amide bonds. The molecule has 0 spiro atoms. The quantitative estimate of drug-likeness (QED) is 0.434. The van der Waals surface area contributed by atoms with Crippen LogP contribution in [0.3, 0.4) is 0 Å². The smallest absolute Gasteiger partial charge is 0.320 e. The zero-order valence-electron chi connectivity index (χ0n) is 18.7. The summed E-state index contributed by atoms with van der Waals surface area (Å²) in [6.07, 6.45) is 0. The summed E-state index contributed by atoms with van der Waals surface area (Å²) < 4.78 is 31.4. The maximum atomic E-state index is 12.4. The van der Waals surface area contributed by atoms with Crippen molar-refractivity contribution < 1.29 is 32.9 Å². The van der Waals surface area contributed by atoms with Gasteiger partial charge in [0.2, 0.25) is 0 Å². The van der Waals surface area contributed by atoms with Crippen LogP contribution in [0.4, 0.5) is 0 Å². The highest BCUT2D eigenvalue weighted by atomic mass is 16.7. The highest BCUT2D eigenvalue weighted by Gasteiger charge is 2.28. The van der Waals surface area contributed by atoms with E-state index >= 15 is 0 Å². The van der Waals surface area contributed by atoms with Gasteiger partial charge in [0.25, 0.3) is 0 Å². The van der Waals surface area contributed by atoms with Crippen molar-refractivity contribution in [2.75, 3.05) is 48.0 Å². The Kier molecular flexibility index (Phi) is 12.3. The lowest BCUT2D eigenvalue weighted by Gasteiger charge is -2.16. The van der Waals surface area contributed by atoms with Gasteiger partial charge in [-0.2, -0.15) is 0 Å². The maximum absolute atomic E-state index is 12.4. The Balaban J connectivity index is 0.000000804. The predicted molar refractivity (Wildman–Crippen MR) is 113 cm³/mol. The van der Waals surface area contributed by atoms with Crippen molar-refractivity contribution in [3.8, 4) is 11.5 Å². The SMILES string of the molecule is CCNCC.COCOc1cc(OCOC)cc(C(C(=O)OC)c2ccc(C)o2)c1. The molecule has 0 aliphatic rings. The molecule has 8 heteroatoms. The van der Waals surface area contributed by atoms with Crippen molar-refractivity contribution in [3.63, 3.8) is 0 Å². The molecule has 0 radical (unpaired) electrons. The number of nitrogens with one attached hydrogen (secondary N) is 1. The third kappa shape index (κ3) is 8.44. The van der Waals surface area contributed by atoms with Crippen molar-refractivity contribution >= 4 is 5.97 Å². The molecule has 0 aliphatic heterocycles. The Bertz CT molecular complexity index is 717. The summed E-state index contributed by atoms with van der Waals surface area (Å²) in [6.45, 7) is 8.33. The van der Waals surface area contributed by atoms with Gasteiger partial charge in [-0.1, -0.05) is 13.8 Å². The van der Waals surface area contributed by atoms with Crippen LogP contribution < -0.4 is 14.8 Å². The molecule has 0 bridgehead atoms. The summed E-state index contributed by atoms with van der Waals surface area (Å²) in [5.74, 6) is 0.966. The van der Waals surface area contributed by atoms with Gasteiger partial charge in [0.05, 0.1) is 7.11 Å². The van der Waals surface area contributed by atoms with Gasteiger partial charge in [-0.3, -0.25) is 4.79 Å². The number of ether oxygens (including phenoxy) is 5. The molecule has 1 heterocycles. The topological polar surface area (TPSA) is 88.4 Å². The van der Waals surface area contributed by atoms with Crippen LogP contribution in [0.2, 0.25) is 0 Å². The summed E-state index contributed by atoms with van der Waals surface area (Å²) >= 11 is 0. The van der Waals surface area contributed by atoms with E-state index < -0.39 is 11.9 Å². The molecule has 1 aromatic heterocycles. The van der Waals surface area contributed by atoms with Crippen LogP contribution in [0.5, 0.6) is 11.5 Å². The fourth-order valence-corrected chi connectivity index (χ4v) is 2.57. The van der Waals surface area contributed by atoms with Crippen LogP contribution in [-0.4, -0.2) is 54.0 Å². The normalized spacial score (nSPS) is 11.3. The molecule has 0 aliphatic carbocycles. The number of rotatable bonds is 11. The minimum absolute atomic E-state index is 0.0654. The van der Waals surface area contributed by atoms with Crippen LogP contribution in [0, 0.1) is 6.92 Å². The summed E-state index contributed by atoms with van der Waals surface area (Å²) in [5, 5.41) is 3.11. The van der Waals surface area contributed by atoms with Crippen LogP contribution in [0.25, 0.3) is 0 Å². The number of hydrogen-bond donors (Lipinski definition) is 1. The van der Waals surface area contributed by atoms with Gasteiger partial charge in [-0.05, 0) is 49.8 Å². The van der Waals surface area contributed by atoms with E-state index in [0.717, 1.165) is 13.1 Å². The van der Waals surface area contributed by atoms with Crippen molar-refractivity contribution in [3.05, 3.63) is 47.4 Å². The first-order valence-corrected chi connectivity index (χ1v) is 9.73. The first kappa shape index (κ1) is 25.5. The van der Waals surface area contributed by atoms with Gasteiger partial charge < -0.3 is 33.4 Å². The zero-order valence-corrected chi connectivity index (χ0v) is 18.7. The van der Waals surface area contributed by atoms with Gasteiger partial charge in [-0.25, -0.2) is 0 Å². The number of aryl methyl sites for hydroxylation is 1. The summed E-state index contributed by atoms with van der Waals surface area (Å²) in [5.41, 5.74) is 0.612. The van der Waals surface area contributed by atoms with E-state index in [9.17, 15) is 4.79 Å². The average Bonchev–Trinajstić information content (AvgIpc) is 3.17. The van der Waals surface area contributed by atoms with Gasteiger partial charge in [0, 0.05) is 20.3 Å². The van der Waals surface area contributed by atoms with E-state index in [1.165, 1.54) is 21.3 Å². The summed E-state index contributed by atoms with van der Waals surface area (Å²) in [4.78, 5) is 12.4. The van der Waals surface area contributed by atoms with Crippen molar-refractivity contribution in [1.29, 1.82) is 0 Å². The molecule has 168 valence electrons. The Labute approximate surface area is 178 Å². The number of methoxy groups -OCH3 is 3. The zero-order chi connectivity index (χ0) is 22.4. The van der Waals surface area contributed by atoms with E-state index in [0.29, 0.717) is 28.6 Å². The number of carbonyl (C=O) groups is 1. The highest BCUT2D eigenvalue weighted by Crippen LogP contribution is 2.33. The predicted octanol–water partition coefficient (Wildman–Crippen LogP) is 3.47. The molecule has 2 aromatic rings. The first-order valence-electron chi connectivity index (χ1n) is 9.73. The Hall–Kier alpha value is -2.55. The third-order valence-electron chi connectivity index (χ3n) is 3.91. The first-order chi connectivity index (χ1) is 14.5. The van der Waals surface area contributed by atoms with Crippen molar-refractivity contribution in [2.45, 2.75) is 26.7 Å². The third-order valence-corrected chi connectivity index (χ3v) is 3.91. The molecule has 0 saturated carbocycles. The second-order valence-corrected chi connectivity index (χ2v) is 6.20. The van der Waals surface area contributed by atoms with E-state index in [1.54, 1.807) is 30.3 Å².